The van der Waals surface area contributed by atoms with E-state index in [9.17, 15) is 9.90 Å². The highest BCUT2D eigenvalue weighted by Gasteiger charge is 2.25. The highest BCUT2D eigenvalue weighted by atomic mass is 32.2. The van der Waals surface area contributed by atoms with Crippen LogP contribution in [0.25, 0.3) is 0 Å². The van der Waals surface area contributed by atoms with Crippen LogP contribution >= 0.6 is 11.8 Å². The second-order valence-electron chi connectivity index (χ2n) is 5.00. The number of thioether (sulfide) groups is 1. The smallest absolute Gasteiger partial charge is 0.224 e. The molecule has 0 spiro atoms. The number of aromatic hydroxyl groups is 1. The van der Waals surface area contributed by atoms with Gasteiger partial charge in [0.1, 0.15) is 5.75 Å². The van der Waals surface area contributed by atoms with Gasteiger partial charge in [0.25, 0.3) is 0 Å². The van der Waals surface area contributed by atoms with Gasteiger partial charge in [0.15, 0.2) is 0 Å². The van der Waals surface area contributed by atoms with Gasteiger partial charge >= 0.3 is 0 Å². The lowest BCUT2D eigenvalue weighted by Crippen LogP contribution is -2.34. The number of hydrogen-bond acceptors (Lipinski definition) is 3. The molecule has 0 saturated heterocycles. The number of hydrogen-bond donors (Lipinski definition) is 2. The van der Waals surface area contributed by atoms with Crippen LogP contribution < -0.4 is 5.32 Å². The number of rotatable bonds is 5. The van der Waals surface area contributed by atoms with Crippen LogP contribution in [-0.4, -0.2) is 28.1 Å². The van der Waals surface area contributed by atoms with E-state index in [1.807, 2.05) is 17.8 Å². The zero-order valence-corrected chi connectivity index (χ0v) is 12.1. The maximum absolute atomic E-state index is 11.9. The lowest BCUT2D eigenvalue weighted by Gasteiger charge is -2.13. The molecule has 1 amide bonds. The van der Waals surface area contributed by atoms with Crippen LogP contribution in [0.3, 0.4) is 0 Å². The molecule has 0 heterocycles. The van der Waals surface area contributed by atoms with E-state index < -0.39 is 0 Å². The Balaban J connectivity index is 1.79. The predicted molar refractivity (Wildman–Crippen MR) is 79.5 cm³/mol. The molecule has 0 aliphatic heterocycles. The summed E-state index contributed by atoms with van der Waals surface area (Å²) < 4.78 is 0. The molecule has 1 aromatic rings. The van der Waals surface area contributed by atoms with E-state index in [-0.39, 0.29) is 11.7 Å². The van der Waals surface area contributed by atoms with Crippen LogP contribution in [0.4, 0.5) is 0 Å². The van der Waals surface area contributed by atoms with E-state index in [0.29, 0.717) is 17.7 Å². The van der Waals surface area contributed by atoms with Crippen LogP contribution in [0.5, 0.6) is 5.75 Å². The molecular formula is C15H21NO2S. The quantitative estimate of drug-likeness (QED) is 0.871. The van der Waals surface area contributed by atoms with Crippen molar-refractivity contribution < 1.29 is 9.90 Å². The molecule has 3 nitrogen and oxygen atoms in total. The Kier molecular flexibility index (Phi) is 5.14. The maximum Gasteiger partial charge on any atom is 0.224 e. The van der Waals surface area contributed by atoms with Crippen molar-refractivity contribution in [3.05, 3.63) is 29.8 Å². The van der Waals surface area contributed by atoms with Crippen molar-refractivity contribution >= 4 is 17.7 Å². The minimum atomic E-state index is 0.0535. The zero-order valence-electron chi connectivity index (χ0n) is 11.3. The zero-order chi connectivity index (χ0) is 13.7. The fraction of sp³-hybridized carbons (Fsp3) is 0.533. The van der Waals surface area contributed by atoms with Crippen LogP contribution in [0, 0.1) is 0 Å². The summed E-state index contributed by atoms with van der Waals surface area (Å²) in [5.41, 5.74) is 0.856. The average Bonchev–Trinajstić information content (AvgIpc) is 2.77. The fourth-order valence-electron chi connectivity index (χ4n) is 2.59. The summed E-state index contributed by atoms with van der Waals surface area (Å²) in [6.07, 6.45) is 3.72. The molecule has 1 saturated carbocycles. The predicted octanol–water partition coefficient (Wildman–Crippen LogP) is 2.73. The molecule has 104 valence electrons. The monoisotopic (exact) mass is 279 g/mol. The van der Waals surface area contributed by atoms with Crippen molar-refractivity contribution in [3.8, 4) is 5.75 Å². The lowest BCUT2D eigenvalue weighted by atomic mass is 10.1. The highest BCUT2D eigenvalue weighted by molar-refractivity contribution is 7.99. The molecule has 4 heteroatoms. The number of benzene rings is 1. The molecule has 2 N–H and O–H groups in total. The third-order valence-corrected chi connectivity index (χ3v) is 4.66. The first kappa shape index (κ1) is 14.3. The summed E-state index contributed by atoms with van der Waals surface area (Å²) in [7, 11) is 0. The summed E-state index contributed by atoms with van der Waals surface area (Å²) in [5.74, 6) is 1.41. The van der Waals surface area contributed by atoms with Gasteiger partial charge in [-0.05, 0) is 42.7 Å². The van der Waals surface area contributed by atoms with Crippen LogP contribution in [0.2, 0.25) is 0 Å². The molecular weight excluding hydrogens is 258 g/mol. The number of amides is 1. The van der Waals surface area contributed by atoms with E-state index in [1.165, 1.54) is 6.42 Å². The minimum absolute atomic E-state index is 0.0535. The van der Waals surface area contributed by atoms with Crippen molar-refractivity contribution in [2.75, 3.05) is 5.75 Å². The van der Waals surface area contributed by atoms with Gasteiger partial charge in [-0.1, -0.05) is 19.1 Å². The summed E-state index contributed by atoms with van der Waals surface area (Å²) >= 11 is 1.99. The molecule has 1 aromatic carbocycles. The van der Waals surface area contributed by atoms with Crippen LogP contribution in [0.1, 0.15) is 31.7 Å². The third kappa shape index (κ3) is 4.46. The third-order valence-electron chi connectivity index (χ3n) is 3.43. The number of phenols is 1. The van der Waals surface area contributed by atoms with Crippen molar-refractivity contribution in [2.24, 2.45) is 0 Å². The van der Waals surface area contributed by atoms with Crippen molar-refractivity contribution in [1.82, 2.24) is 5.32 Å². The maximum atomic E-state index is 11.9. The van der Waals surface area contributed by atoms with Gasteiger partial charge in [0, 0.05) is 11.3 Å². The molecule has 1 aliphatic rings. The summed E-state index contributed by atoms with van der Waals surface area (Å²) in [6, 6.07) is 7.22. The highest BCUT2D eigenvalue weighted by Crippen LogP contribution is 2.29. The summed E-state index contributed by atoms with van der Waals surface area (Å²) in [6.45, 7) is 2.18. The Morgan fingerprint density at radius 1 is 1.47 bits per heavy atom. The lowest BCUT2D eigenvalue weighted by molar-refractivity contribution is -0.121. The second-order valence-corrected chi connectivity index (χ2v) is 6.58. The number of phenolic OH excluding ortho intramolecular Hbond substituents is 1. The van der Waals surface area contributed by atoms with Gasteiger partial charge in [0.05, 0.1) is 6.42 Å². The average molecular weight is 279 g/mol. The first-order valence-electron chi connectivity index (χ1n) is 6.86. The van der Waals surface area contributed by atoms with Crippen LogP contribution in [0.15, 0.2) is 24.3 Å². The van der Waals surface area contributed by atoms with E-state index >= 15 is 0 Å². The standard InChI is InChI=1S/C15H21NO2S/c1-2-19-14-7-6-12(10-14)16-15(18)9-11-4-3-5-13(17)8-11/h3-5,8,12,14,17H,2,6-7,9-10H2,1H3,(H,16,18)/t12-,14+/m0/s1. The molecule has 0 radical (unpaired) electrons. The van der Waals surface area contributed by atoms with Gasteiger partial charge in [-0.2, -0.15) is 11.8 Å². The van der Waals surface area contributed by atoms with E-state index in [1.54, 1.807) is 18.2 Å². The first-order valence-corrected chi connectivity index (χ1v) is 7.91. The minimum Gasteiger partial charge on any atom is -0.508 e. The Morgan fingerprint density at radius 3 is 3.05 bits per heavy atom. The van der Waals surface area contributed by atoms with Crippen LogP contribution in [-0.2, 0) is 11.2 Å². The SMILES string of the molecule is CCS[C@@H]1CC[C@H](NC(=O)Cc2cccc(O)c2)C1. The molecule has 0 bridgehead atoms. The molecule has 2 rings (SSSR count). The topological polar surface area (TPSA) is 49.3 Å². The number of nitrogens with one attached hydrogen (secondary N) is 1. The van der Waals surface area contributed by atoms with Crippen molar-refractivity contribution in [2.45, 2.75) is 43.9 Å². The van der Waals surface area contributed by atoms with Gasteiger partial charge in [-0.15, -0.1) is 0 Å². The summed E-state index contributed by atoms with van der Waals surface area (Å²) in [5, 5.41) is 13.2. The Morgan fingerprint density at radius 2 is 2.32 bits per heavy atom. The molecule has 0 aromatic heterocycles. The van der Waals surface area contributed by atoms with Gasteiger partial charge in [0.2, 0.25) is 5.91 Å². The van der Waals surface area contributed by atoms with Gasteiger partial charge in [-0.25, -0.2) is 0 Å². The Hall–Kier alpha value is -1.16. The number of carbonyl (C=O) groups excluding carboxylic acids is 1. The number of carbonyl (C=O) groups is 1. The second kappa shape index (κ2) is 6.85. The molecule has 19 heavy (non-hydrogen) atoms. The molecule has 0 unspecified atom stereocenters. The first-order chi connectivity index (χ1) is 9.17. The summed E-state index contributed by atoms with van der Waals surface area (Å²) in [4.78, 5) is 11.9. The van der Waals surface area contributed by atoms with E-state index in [2.05, 4.69) is 12.2 Å². The largest absolute Gasteiger partial charge is 0.508 e. The van der Waals surface area contributed by atoms with Crippen molar-refractivity contribution in [3.63, 3.8) is 0 Å². The van der Waals surface area contributed by atoms with Gasteiger partial charge in [-0.3, -0.25) is 4.79 Å². The Bertz CT molecular complexity index is 436. The van der Waals surface area contributed by atoms with E-state index in [4.69, 9.17) is 0 Å². The van der Waals surface area contributed by atoms with Gasteiger partial charge < -0.3 is 10.4 Å². The Labute approximate surface area is 118 Å². The molecule has 2 atom stereocenters. The van der Waals surface area contributed by atoms with Crippen molar-refractivity contribution in [1.29, 1.82) is 0 Å². The fourth-order valence-corrected chi connectivity index (χ4v) is 3.73. The normalized spacial score (nSPS) is 22.4. The van der Waals surface area contributed by atoms with E-state index in [0.717, 1.165) is 24.2 Å². The molecule has 1 aliphatic carbocycles. The molecule has 1 fully saturated rings.